The molecule has 0 aliphatic carbocycles. The Hall–Kier alpha value is -3.08. The fourth-order valence-corrected chi connectivity index (χ4v) is 5.81. The van der Waals surface area contributed by atoms with E-state index in [1.165, 1.54) is 51.4 Å². The van der Waals surface area contributed by atoms with Gasteiger partial charge in [0.1, 0.15) is 12.6 Å². The largest absolute Gasteiger partial charge is 0.480 e. The minimum Gasteiger partial charge on any atom is -0.480 e. The van der Waals surface area contributed by atoms with Crippen molar-refractivity contribution in [3.8, 4) is 0 Å². The zero-order chi connectivity index (χ0) is 40.7. The number of phosphoric acid groups is 1. The fourth-order valence-electron chi connectivity index (χ4n) is 5.03. The summed E-state index contributed by atoms with van der Waals surface area (Å²) in [5.74, 6) is -2.49. The van der Waals surface area contributed by atoms with Gasteiger partial charge in [0.05, 0.1) is 13.2 Å². The van der Waals surface area contributed by atoms with Crippen molar-refractivity contribution < 1.29 is 47.5 Å². The first-order valence-electron chi connectivity index (χ1n) is 20.5. The van der Waals surface area contributed by atoms with Gasteiger partial charge in [0.15, 0.2) is 6.10 Å². The summed E-state index contributed by atoms with van der Waals surface area (Å²) in [6, 6.07) is -1.53. The molecule has 3 atom stereocenters. The van der Waals surface area contributed by atoms with E-state index < -0.39 is 51.1 Å². The van der Waals surface area contributed by atoms with Gasteiger partial charge in [-0.25, -0.2) is 4.57 Å². The molecule has 0 rings (SSSR count). The number of carbonyl (C=O) groups is 3. The van der Waals surface area contributed by atoms with Gasteiger partial charge in [0.2, 0.25) is 0 Å². The molecule has 0 radical (unpaired) electrons. The molecule has 314 valence electrons. The predicted octanol–water partition coefficient (Wildman–Crippen LogP) is 10.6. The molecule has 0 saturated heterocycles. The van der Waals surface area contributed by atoms with Crippen molar-refractivity contribution in [3.05, 3.63) is 72.9 Å². The average Bonchev–Trinajstić information content (AvgIpc) is 3.16. The zero-order valence-electron chi connectivity index (χ0n) is 33.7. The highest BCUT2D eigenvalue weighted by Crippen LogP contribution is 2.43. The molecule has 0 spiro atoms. The second-order valence-corrected chi connectivity index (χ2v) is 14.8. The van der Waals surface area contributed by atoms with Crippen LogP contribution in [0.15, 0.2) is 72.9 Å². The third-order valence-electron chi connectivity index (χ3n) is 8.23. The standard InChI is InChI=1S/C43H72NO10P/c1-3-5-7-9-11-13-15-17-18-19-20-21-22-23-25-26-28-30-32-34-41(45)51-36-39(37-52-55(49,50)53-38-40(44)43(47)48)54-42(46)35-33-31-29-27-24-16-14-12-10-8-6-4-2/h5,7,11,13,17-18,20-21,23,25,28,30,39-40H,3-4,6,8-10,12,14-16,19,22,24,26-27,29,31-38,44H2,1-2H3,(H,47,48)(H,49,50)/b7-5-,13-11-,18-17-,21-20-,25-23-,30-28-/t39-,40+/m1/s1. The summed E-state index contributed by atoms with van der Waals surface area (Å²) in [5, 5.41) is 8.87. The Morgan fingerprint density at radius 3 is 1.49 bits per heavy atom. The topological polar surface area (TPSA) is 172 Å². The maximum atomic E-state index is 12.6. The molecule has 1 unspecified atom stereocenters. The van der Waals surface area contributed by atoms with E-state index in [9.17, 15) is 23.8 Å². The van der Waals surface area contributed by atoms with Gasteiger partial charge in [-0.15, -0.1) is 0 Å². The van der Waals surface area contributed by atoms with Crippen molar-refractivity contribution in [1.29, 1.82) is 0 Å². The van der Waals surface area contributed by atoms with Gasteiger partial charge in [-0.05, 0) is 51.4 Å². The molecule has 0 aliphatic heterocycles. The van der Waals surface area contributed by atoms with Crippen molar-refractivity contribution in [1.82, 2.24) is 0 Å². The van der Waals surface area contributed by atoms with Gasteiger partial charge in [0, 0.05) is 12.8 Å². The van der Waals surface area contributed by atoms with Crippen LogP contribution in [0.5, 0.6) is 0 Å². The van der Waals surface area contributed by atoms with Crippen LogP contribution in [0, 0.1) is 0 Å². The molecule has 0 fully saturated rings. The van der Waals surface area contributed by atoms with Crippen LogP contribution in [0.1, 0.15) is 149 Å². The van der Waals surface area contributed by atoms with Crippen LogP contribution in [0.2, 0.25) is 0 Å². The number of carbonyl (C=O) groups excluding carboxylic acids is 2. The second-order valence-electron chi connectivity index (χ2n) is 13.4. The van der Waals surface area contributed by atoms with Gasteiger partial charge >= 0.3 is 25.7 Å². The van der Waals surface area contributed by atoms with Crippen molar-refractivity contribution in [2.24, 2.45) is 5.73 Å². The van der Waals surface area contributed by atoms with Gasteiger partial charge in [-0.2, -0.15) is 0 Å². The number of unbranched alkanes of at least 4 members (excludes halogenated alkanes) is 11. The Morgan fingerprint density at radius 1 is 0.582 bits per heavy atom. The number of hydrogen-bond acceptors (Lipinski definition) is 9. The molecular weight excluding hydrogens is 721 g/mol. The van der Waals surface area contributed by atoms with E-state index in [1.807, 2.05) is 12.2 Å². The summed E-state index contributed by atoms with van der Waals surface area (Å²) in [5.41, 5.74) is 5.32. The molecule has 0 amide bonds. The number of nitrogens with two attached hydrogens (primary N) is 1. The Kier molecular flexibility index (Phi) is 35.7. The summed E-state index contributed by atoms with van der Waals surface area (Å²) in [6.07, 6.45) is 44.1. The van der Waals surface area contributed by atoms with E-state index in [0.29, 0.717) is 12.8 Å². The van der Waals surface area contributed by atoms with Gasteiger partial charge in [-0.1, -0.05) is 157 Å². The predicted molar refractivity (Wildman–Crippen MR) is 221 cm³/mol. The van der Waals surface area contributed by atoms with Crippen LogP contribution in [-0.2, 0) is 37.5 Å². The number of allylic oxidation sites excluding steroid dienone is 12. The number of esters is 2. The van der Waals surface area contributed by atoms with Crippen LogP contribution in [0.25, 0.3) is 0 Å². The van der Waals surface area contributed by atoms with Crippen LogP contribution in [-0.4, -0.2) is 59.9 Å². The normalized spacial score (nSPS) is 14.5. The molecule has 0 aromatic rings. The maximum absolute atomic E-state index is 12.6. The number of carboxylic acid groups (broad SMARTS) is 1. The zero-order valence-corrected chi connectivity index (χ0v) is 34.6. The third kappa shape index (κ3) is 37.6. The van der Waals surface area contributed by atoms with Crippen LogP contribution < -0.4 is 5.73 Å². The number of aliphatic carboxylic acids is 1. The summed E-state index contributed by atoms with van der Waals surface area (Å²) < 4.78 is 32.5. The lowest BCUT2D eigenvalue weighted by atomic mass is 10.0. The maximum Gasteiger partial charge on any atom is 0.472 e. The minimum atomic E-state index is -4.73. The van der Waals surface area contributed by atoms with E-state index in [1.54, 1.807) is 0 Å². The number of ether oxygens (including phenoxy) is 2. The van der Waals surface area contributed by atoms with Gasteiger partial charge in [-0.3, -0.25) is 23.4 Å². The Balaban J connectivity index is 4.52. The minimum absolute atomic E-state index is 0.0945. The highest BCUT2D eigenvalue weighted by atomic mass is 31.2. The molecule has 4 N–H and O–H groups in total. The van der Waals surface area contributed by atoms with Crippen molar-refractivity contribution in [2.45, 2.75) is 161 Å². The molecule has 0 heterocycles. The summed E-state index contributed by atoms with van der Waals surface area (Å²) in [6.45, 7) is 2.59. The smallest absolute Gasteiger partial charge is 0.472 e. The molecule has 0 bridgehead atoms. The SMILES string of the molecule is CC/C=C\C/C=C\C/C=C\C/C=C\C/C=C\C/C=C\CCC(=O)OC[C@H](COP(=O)(O)OC[C@H](N)C(=O)O)OC(=O)CCCCCCCCCCCCCC. The van der Waals surface area contributed by atoms with Gasteiger partial charge < -0.3 is 25.2 Å². The Labute approximate surface area is 331 Å². The first-order chi connectivity index (χ1) is 26.6. The number of hydrogen-bond donors (Lipinski definition) is 3. The molecule has 0 aliphatic rings. The highest BCUT2D eigenvalue weighted by Gasteiger charge is 2.28. The molecular formula is C43H72NO10P. The average molecular weight is 794 g/mol. The second kappa shape index (κ2) is 37.8. The first-order valence-corrected chi connectivity index (χ1v) is 22.0. The van der Waals surface area contributed by atoms with Crippen LogP contribution in [0.3, 0.4) is 0 Å². The lowest BCUT2D eigenvalue weighted by Crippen LogP contribution is -2.34. The molecule has 0 aromatic carbocycles. The summed E-state index contributed by atoms with van der Waals surface area (Å²) in [4.78, 5) is 45.8. The van der Waals surface area contributed by atoms with Crippen molar-refractivity contribution in [2.75, 3.05) is 19.8 Å². The number of phosphoric ester groups is 1. The van der Waals surface area contributed by atoms with Crippen LogP contribution in [0.4, 0.5) is 0 Å². The lowest BCUT2D eigenvalue weighted by Gasteiger charge is -2.20. The van der Waals surface area contributed by atoms with Crippen molar-refractivity contribution in [3.63, 3.8) is 0 Å². The quantitative estimate of drug-likeness (QED) is 0.0236. The lowest BCUT2D eigenvalue weighted by molar-refractivity contribution is -0.161. The van der Waals surface area contributed by atoms with Crippen molar-refractivity contribution >= 4 is 25.7 Å². The molecule has 0 aromatic heterocycles. The molecule has 11 nitrogen and oxygen atoms in total. The van der Waals surface area contributed by atoms with Gasteiger partial charge in [0.25, 0.3) is 0 Å². The Bertz CT molecular complexity index is 1210. The monoisotopic (exact) mass is 793 g/mol. The van der Waals surface area contributed by atoms with E-state index in [-0.39, 0.29) is 19.4 Å². The van der Waals surface area contributed by atoms with E-state index >= 15 is 0 Å². The highest BCUT2D eigenvalue weighted by molar-refractivity contribution is 7.47. The molecule has 0 saturated carbocycles. The first kappa shape index (κ1) is 51.9. The van der Waals surface area contributed by atoms with E-state index in [0.717, 1.165) is 57.8 Å². The molecule has 12 heteroatoms. The van der Waals surface area contributed by atoms with E-state index in [2.05, 4.69) is 79.1 Å². The molecule has 55 heavy (non-hydrogen) atoms. The number of rotatable bonds is 37. The Morgan fingerprint density at radius 2 is 1.02 bits per heavy atom. The fraction of sp³-hybridized carbons (Fsp3) is 0.651. The summed E-state index contributed by atoms with van der Waals surface area (Å²) >= 11 is 0. The van der Waals surface area contributed by atoms with E-state index in [4.69, 9.17) is 24.8 Å². The third-order valence-corrected chi connectivity index (χ3v) is 9.18. The number of carboxylic acids is 1. The summed E-state index contributed by atoms with van der Waals surface area (Å²) in [7, 11) is -4.73. The van der Waals surface area contributed by atoms with Crippen LogP contribution >= 0.6 is 7.82 Å².